The molecule has 158 valence electrons. The second kappa shape index (κ2) is 10.2. The van der Waals surface area contributed by atoms with Crippen molar-refractivity contribution in [3.63, 3.8) is 0 Å². The van der Waals surface area contributed by atoms with Gasteiger partial charge in [0.2, 0.25) is 0 Å². The summed E-state index contributed by atoms with van der Waals surface area (Å²) in [6.07, 6.45) is 0. The molecule has 0 spiro atoms. The molecule has 3 N–H and O–H groups in total. The Bertz CT molecular complexity index is 1100. The van der Waals surface area contributed by atoms with E-state index in [-0.39, 0.29) is 11.0 Å². The van der Waals surface area contributed by atoms with Gasteiger partial charge in [0.1, 0.15) is 11.5 Å². The van der Waals surface area contributed by atoms with Crippen molar-refractivity contribution in [1.29, 1.82) is 0 Å². The first kappa shape index (κ1) is 21.8. The molecule has 0 heterocycles. The van der Waals surface area contributed by atoms with Gasteiger partial charge in [-0.1, -0.05) is 24.3 Å². The van der Waals surface area contributed by atoms with Crippen LogP contribution in [0.1, 0.15) is 20.7 Å². The Morgan fingerprint density at radius 2 is 1.48 bits per heavy atom. The fourth-order valence-corrected chi connectivity index (χ4v) is 3.00. The quantitative estimate of drug-likeness (QED) is 0.506. The molecule has 0 bridgehead atoms. The lowest BCUT2D eigenvalue weighted by molar-refractivity contribution is 0.0973. The number of thiocarbonyl (C=S) groups is 1. The first-order chi connectivity index (χ1) is 15.0. The van der Waals surface area contributed by atoms with Crippen LogP contribution in [0.25, 0.3) is 0 Å². The highest BCUT2D eigenvalue weighted by Gasteiger charge is 2.15. The maximum atomic E-state index is 12.6. The van der Waals surface area contributed by atoms with Gasteiger partial charge in [-0.25, -0.2) is 0 Å². The van der Waals surface area contributed by atoms with E-state index in [0.717, 1.165) is 0 Å². The molecule has 3 aromatic rings. The zero-order valence-corrected chi connectivity index (χ0v) is 17.8. The molecule has 7 nitrogen and oxygen atoms in total. The molecule has 3 rings (SSSR count). The molecular formula is C23H21N3O4S. The molecule has 0 aliphatic carbocycles. The predicted octanol–water partition coefficient (Wildman–Crippen LogP) is 4.08. The van der Waals surface area contributed by atoms with Crippen molar-refractivity contribution < 1.29 is 19.1 Å². The largest absolute Gasteiger partial charge is 0.497 e. The maximum absolute atomic E-state index is 12.6. The molecule has 8 heteroatoms. The molecule has 31 heavy (non-hydrogen) atoms. The van der Waals surface area contributed by atoms with Crippen LogP contribution < -0.4 is 25.4 Å². The zero-order chi connectivity index (χ0) is 22.2. The average Bonchev–Trinajstić information content (AvgIpc) is 2.79. The summed E-state index contributed by atoms with van der Waals surface area (Å²) in [5, 5.41) is 8.49. The summed E-state index contributed by atoms with van der Waals surface area (Å²) in [6.45, 7) is 0. The minimum atomic E-state index is -0.425. The van der Waals surface area contributed by atoms with E-state index < -0.39 is 5.91 Å². The van der Waals surface area contributed by atoms with Crippen LogP contribution in [0.4, 0.5) is 11.4 Å². The van der Waals surface area contributed by atoms with Crippen LogP contribution in [0.5, 0.6) is 11.5 Å². The second-order valence-electron chi connectivity index (χ2n) is 6.38. The van der Waals surface area contributed by atoms with E-state index >= 15 is 0 Å². The summed E-state index contributed by atoms with van der Waals surface area (Å²) in [6, 6.07) is 20.8. The summed E-state index contributed by atoms with van der Waals surface area (Å²) in [4.78, 5) is 24.9. The van der Waals surface area contributed by atoms with Gasteiger partial charge in [0.05, 0.1) is 19.8 Å². The number of rotatable bonds is 6. The van der Waals surface area contributed by atoms with E-state index in [2.05, 4.69) is 16.0 Å². The molecular weight excluding hydrogens is 414 g/mol. The molecule has 3 aromatic carbocycles. The summed E-state index contributed by atoms with van der Waals surface area (Å²) in [5.74, 6) is 0.291. The minimum absolute atomic E-state index is 0.106. The SMILES string of the molecule is COc1ccc(C(=O)NC(=S)Nc2cccc(NC(=O)c3ccccc3)c2)c(OC)c1. The third-order valence-corrected chi connectivity index (χ3v) is 4.50. The smallest absolute Gasteiger partial charge is 0.261 e. The molecule has 0 saturated carbocycles. The summed E-state index contributed by atoms with van der Waals surface area (Å²) < 4.78 is 10.4. The second-order valence-corrected chi connectivity index (χ2v) is 6.78. The molecule has 0 atom stereocenters. The van der Waals surface area contributed by atoms with Crippen LogP contribution in [0, 0.1) is 0 Å². The van der Waals surface area contributed by atoms with Crippen molar-refractivity contribution in [2.24, 2.45) is 0 Å². The third-order valence-electron chi connectivity index (χ3n) is 4.29. The van der Waals surface area contributed by atoms with Crippen LogP contribution in [0.3, 0.4) is 0 Å². The van der Waals surface area contributed by atoms with Gasteiger partial charge in [0.15, 0.2) is 5.11 Å². The first-order valence-electron chi connectivity index (χ1n) is 9.31. The number of benzene rings is 3. The average molecular weight is 436 g/mol. The Balaban J connectivity index is 1.64. The van der Waals surface area contributed by atoms with Crippen molar-refractivity contribution in [3.05, 3.63) is 83.9 Å². The van der Waals surface area contributed by atoms with Crippen molar-refractivity contribution in [3.8, 4) is 11.5 Å². The summed E-state index contributed by atoms with van der Waals surface area (Å²) in [7, 11) is 3.00. The highest BCUT2D eigenvalue weighted by molar-refractivity contribution is 7.80. The van der Waals surface area contributed by atoms with Gasteiger partial charge in [0, 0.05) is 23.0 Å². The first-order valence-corrected chi connectivity index (χ1v) is 9.72. The monoisotopic (exact) mass is 435 g/mol. The van der Waals surface area contributed by atoms with Crippen molar-refractivity contribution in [2.45, 2.75) is 0 Å². The van der Waals surface area contributed by atoms with Crippen LogP contribution in [0.15, 0.2) is 72.8 Å². The molecule has 0 fully saturated rings. The zero-order valence-electron chi connectivity index (χ0n) is 17.0. The van der Waals surface area contributed by atoms with Crippen LogP contribution in [-0.4, -0.2) is 31.1 Å². The van der Waals surface area contributed by atoms with Gasteiger partial charge in [-0.3, -0.25) is 14.9 Å². The molecule has 0 aromatic heterocycles. The summed E-state index contributed by atoms with van der Waals surface area (Å²) >= 11 is 5.25. The van der Waals surface area contributed by atoms with Gasteiger partial charge < -0.3 is 20.1 Å². The van der Waals surface area contributed by atoms with Gasteiger partial charge in [-0.15, -0.1) is 0 Å². The highest BCUT2D eigenvalue weighted by atomic mass is 32.1. The van der Waals surface area contributed by atoms with E-state index in [1.165, 1.54) is 14.2 Å². The lowest BCUT2D eigenvalue weighted by Crippen LogP contribution is -2.34. The van der Waals surface area contributed by atoms with Gasteiger partial charge in [-0.2, -0.15) is 0 Å². The topological polar surface area (TPSA) is 88.7 Å². The lowest BCUT2D eigenvalue weighted by Gasteiger charge is -2.13. The standard InChI is InChI=1S/C23H21N3O4S/c1-29-18-11-12-19(20(14-18)30-2)22(28)26-23(31)25-17-10-6-9-16(13-17)24-21(27)15-7-4-3-5-8-15/h3-14H,1-2H3,(H,24,27)(H2,25,26,28,31). The molecule has 0 radical (unpaired) electrons. The van der Waals surface area contributed by atoms with E-state index in [0.29, 0.717) is 34.0 Å². The Morgan fingerprint density at radius 1 is 0.774 bits per heavy atom. The number of anilines is 2. The van der Waals surface area contributed by atoms with Crippen LogP contribution >= 0.6 is 12.2 Å². The Labute approximate surface area is 185 Å². The lowest BCUT2D eigenvalue weighted by atomic mass is 10.2. The molecule has 0 saturated heterocycles. The van der Waals surface area contributed by atoms with Crippen LogP contribution in [-0.2, 0) is 0 Å². The van der Waals surface area contributed by atoms with Crippen molar-refractivity contribution in [2.75, 3.05) is 24.9 Å². The predicted molar refractivity (Wildman–Crippen MR) is 124 cm³/mol. The van der Waals surface area contributed by atoms with Crippen LogP contribution in [0.2, 0.25) is 0 Å². The molecule has 2 amide bonds. The number of hydrogen-bond donors (Lipinski definition) is 3. The molecule has 0 unspecified atom stereocenters. The minimum Gasteiger partial charge on any atom is -0.497 e. The number of carbonyl (C=O) groups excluding carboxylic acids is 2. The Hall–Kier alpha value is -3.91. The van der Waals surface area contributed by atoms with Gasteiger partial charge in [-0.05, 0) is 54.7 Å². The fraction of sp³-hybridized carbons (Fsp3) is 0.0870. The van der Waals surface area contributed by atoms with Gasteiger partial charge in [0.25, 0.3) is 11.8 Å². The number of carbonyl (C=O) groups is 2. The normalized spacial score (nSPS) is 10.0. The number of methoxy groups -OCH3 is 2. The van der Waals surface area contributed by atoms with E-state index in [4.69, 9.17) is 21.7 Å². The van der Waals surface area contributed by atoms with E-state index in [1.54, 1.807) is 66.7 Å². The van der Waals surface area contributed by atoms with Gasteiger partial charge >= 0.3 is 0 Å². The molecule has 0 aliphatic rings. The number of ether oxygens (including phenoxy) is 2. The molecule has 0 aliphatic heterocycles. The number of hydrogen-bond acceptors (Lipinski definition) is 5. The van der Waals surface area contributed by atoms with E-state index in [1.807, 2.05) is 6.07 Å². The number of nitrogens with one attached hydrogen (secondary N) is 3. The Kier molecular flexibility index (Phi) is 7.18. The van der Waals surface area contributed by atoms with Crippen molar-refractivity contribution >= 4 is 40.5 Å². The number of amides is 2. The van der Waals surface area contributed by atoms with Crippen molar-refractivity contribution in [1.82, 2.24) is 5.32 Å². The fourth-order valence-electron chi connectivity index (χ4n) is 2.79. The third kappa shape index (κ3) is 5.80. The summed E-state index contributed by atoms with van der Waals surface area (Å²) in [5.41, 5.74) is 2.07. The maximum Gasteiger partial charge on any atom is 0.261 e. The van der Waals surface area contributed by atoms with E-state index in [9.17, 15) is 9.59 Å². The highest BCUT2D eigenvalue weighted by Crippen LogP contribution is 2.24. The Morgan fingerprint density at radius 3 is 2.16 bits per heavy atom.